The summed E-state index contributed by atoms with van der Waals surface area (Å²) in [6.07, 6.45) is 0. The van der Waals surface area contributed by atoms with Crippen molar-refractivity contribution < 1.29 is 27.9 Å². The van der Waals surface area contributed by atoms with Gasteiger partial charge in [-0.05, 0) is 25.1 Å². The van der Waals surface area contributed by atoms with Gasteiger partial charge in [0, 0.05) is 18.7 Å². The topological polar surface area (TPSA) is 133 Å². The summed E-state index contributed by atoms with van der Waals surface area (Å²) in [5.74, 6) is -2.29. The summed E-state index contributed by atoms with van der Waals surface area (Å²) in [5.41, 5.74) is 0.0191. The van der Waals surface area contributed by atoms with Crippen molar-refractivity contribution >= 4 is 27.8 Å². The van der Waals surface area contributed by atoms with E-state index in [1.165, 1.54) is 25.1 Å². The van der Waals surface area contributed by atoms with Gasteiger partial charge in [0.2, 0.25) is 15.9 Å². The van der Waals surface area contributed by atoms with Crippen LogP contribution < -0.4 is 10.6 Å². The molecule has 0 aromatic heterocycles. The maximum Gasteiger partial charge on any atom is 0.325 e. The fraction of sp³-hybridized carbons (Fsp3) is 0.357. The highest BCUT2D eigenvalue weighted by atomic mass is 32.2. The number of carboxylic acids is 1. The van der Waals surface area contributed by atoms with Crippen molar-refractivity contribution in [3.63, 3.8) is 0 Å². The summed E-state index contributed by atoms with van der Waals surface area (Å²) >= 11 is 0. The summed E-state index contributed by atoms with van der Waals surface area (Å²) in [5, 5.41) is 13.6. The number of hydrogen-bond acceptors (Lipinski definition) is 5. The minimum Gasteiger partial charge on any atom is -0.480 e. The zero-order valence-corrected chi connectivity index (χ0v) is 13.7. The zero-order valence-electron chi connectivity index (χ0n) is 12.9. The second-order valence-electron chi connectivity index (χ2n) is 5.25. The van der Waals surface area contributed by atoms with Gasteiger partial charge in [0.15, 0.2) is 0 Å². The Balaban J connectivity index is 2.24. The molecule has 1 aliphatic rings. The van der Waals surface area contributed by atoms with Gasteiger partial charge in [0.25, 0.3) is 5.91 Å². The van der Waals surface area contributed by atoms with E-state index in [0.29, 0.717) is 0 Å². The van der Waals surface area contributed by atoms with Crippen LogP contribution in [0.4, 0.5) is 0 Å². The number of sulfonamides is 1. The van der Waals surface area contributed by atoms with Gasteiger partial charge in [-0.15, -0.1) is 0 Å². The largest absolute Gasteiger partial charge is 0.480 e. The molecule has 130 valence electrons. The molecule has 2 rings (SSSR count). The second kappa shape index (κ2) is 6.97. The lowest BCUT2D eigenvalue weighted by Crippen LogP contribution is -2.49. The van der Waals surface area contributed by atoms with Gasteiger partial charge in [-0.3, -0.25) is 14.4 Å². The predicted molar refractivity (Wildman–Crippen MR) is 82.8 cm³/mol. The van der Waals surface area contributed by atoms with E-state index in [0.717, 1.165) is 10.4 Å². The van der Waals surface area contributed by atoms with Crippen LogP contribution >= 0.6 is 0 Å². The Bertz CT molecular complexity index is 776. The van der Waals surface area contributed by atoms with Crippen LogP contribution in [-0.4, -0.2) is 61.3 Å². The number of aliphatic carboxylic acids is 1. The molecule has 1 saturated heterocycles. The second-order valence-corrected chi connectivity index (χ2v) is 7.19. The molecule has 1 aliphatic heterocycles. The Morgan fingerprint density at radius 3 is 2.71 bits per heavy atom. The van der Waals surface area contributed by atoms with Crippen LogP contribution in [0.5, 0.6) is 0 Å². The Hall–Kier alpha value is -2.46. The van der Waals surface area contributed by atoms with Crippen LogP contribution in [-0.2, 0) is 19.6 Å². The fourth-order valence-electron chi connectivity index (χ4n) is 2.11. The number of carbonyl (C=O) groups is 3. The molecular weight excluding hydrogens is 338 g/mol. The average Bonchev–Trinajstić information content (AvgIpc) is 2.54. The summed E-state index contributed by atoms with van der Waals surface area (Å²) < 4.78 is 26.1. The van der Waals surface area contributed by atoms with Crippen LogP contribution in [0.1, 0.15) is 17.3 Å². The lowest BCUT2D eigenvalue weighted by Gasteiger charge is -2.26. The highest BCUT2D eigenvalue weighted by Crippen LogP contribution is 2.18. The Kier molecular flexibility index (Phi) is 5.20. The Labute approximate surface area is 138 Å². The van der Waals surface area contributed by atoms with Crippen molar-refractivity contribution in [3.8, 4) is 0 Å². The molecule has 1 fully saturated rings. The normalized spacial score (nSPS) is 17.0. The number of benzene rings is 1. The number of rotatable bonds is 5. The molecule has 0 unspecified atom stereocenters. The summed E-state index contributed by atoms with van der Waals surface area (Å²) in [7, 11) is -3.92. The van der Waals surface area contributed by atoms with Crippen molar-refractivity contribution in [1.82, 2.24) is 14.9 Å². The molecule has 1 aromatic rings. The third kappa shape index (κ3) is 3.89. The lowest BCUT2D eigenvalue weighted by molar-refractivity contribution is -0.138. The van der Waals surface area contributed by atoms with Crippen molar-refractivity contribution in [1.29, 1.82) is 0 Å². The lowest BCUT2D eigenvalue weighted by atomic mass is 10.2. The number of amides is 2. The Morgan fingerprint density at radius 2 is 2.08 bits per heavy atom. The first kappa shape index (κ1) is 17.9. The van der Waals surface area contributed by atoms with Crippen molar-refractivity contribution in [2.24, 2.45) is 0 Å². The van der Waals surface area contributed by atoms with E-state index in [-0.39, 0.29) is 30.1 Å². The molecule has 0 spiro atoms. The first-order chi connectivity index (χ1) is 11.2. The molecule has 1 heterocycles. The standard InChI is InChI=1S/C14H17N3O6S/c1-9(14(20)21)16-13(19)10-3-2-4-11(7-10)24(22,23)17-6-5-15-12(18)8-17/h2-4,7,9H,5-6,8H2,1H3,(H,15,18)(H,16,19)(H,20,21)/t9-/m1/s1. The van der Waals surface area contributed by atoms with Crippen molar-refractivity contribution in [2.45, 2.75) is 17.9 Å². The molecule has 9 nitrogen and oxygen atoms in total. The summed E-state index contributed by atoms with van der Waals surface area (Å²) in [6, 6.07) is 4.14. The Morgan fingerprint density at radius 1 is 1.38 bits per heavy atom. The molecule has 10 heteroatoms. The average molecular weight is 355 g/mol. The monoisotopic (exact) mass is 355 g/mol. The molecule has 2 amide bonds. The van der Waals surface area contributed by atoms with Crippen LogP contribution in [0.25, 0.3) is 0 Å². The van der Waals surface area contributed by atoms with Crippen LogP contribution in [0.3, 0.4) is 0 Å². The SMILES string of the molecule is C[C@@H](NC(=O)c1cccc(S(=O)(=O)N2CCNC(=O)C2)c1)C(=O)O. The van der Waals surface area contributed by atoms with Gasteiger partial charge in [-0.2, -0.15) is 4.31 Å². The zero-order chi connectivity index (χ0) is 17.9. The summed E-state index contributed by atoms with van der Waals surface area (Å²) in [6.45, 7) is 1.37. The maximum atomic E-state index is 12.6. The molecule has 0 aliphatic carbocycles. The van der Waals surface area contributed by atoms with Gasteiger partial charge in [-0.1, -0.05) is 6.07 Å². The number of nitrogens with one attached hydrogen (secondary N) is 2. The van der Waals surface area contributed by atoms with Crippen LogP contribution in [0, 0.1) is 0 Å². The third-order valence-corrected chi connectivity index (χ3v) is 5.30. The van der Waals surface area contributed by atoms with Gasteiger partial charge in [0.1, 0.15) is 6.04 Å². The fourth-order valence-corrected chi connectivity index (χ4v) is 3.55. The summed E-state index contributed by atoms with van der Waals surface area (Å²) in [4.78, 5) is 34.0. The maximum absolute atomic E-state index is 12.6. The highest BCUT2D eigenvalue weighted by molar-refractivity contribution is 7.89. The number of piperazine rings is 1. The minimum absolute atomic E-state index is 0.0191. The van der Waals surface area contributed by atoms with Crippen molar-refractivity contribution in [3.05, 3.63) is 29.8 Å². The van der Waals surface area contributed by atoms with E-state index >= 15 is 0 Å². The molecule has 1 atom stereocenters. The predicted octanol–water partition coefficient (Wildman–Crippen LogP) is -0.990. The third-order valence-electron chi connectivity index (χ3n) is 3.46. The van der Waals surface area contributed by atoms with Gasteiger partial charge < -0.3 is 15.7 Å². The van der Waals surface area contributed by atoms with E-state index in [4.69, 9.17) is 5.11 Å². The van der Waals surface area contributed by atoms with Crippen LogP contribution in [0.15, 0.2) is 29.2 Å². The number of carboxylic acid groups (broad SMARTS) is 1. The molecular formula is C14H17N3O6S. The molecule has 0 bridgehead atoms. The molecule has 3 N–H and O–H groups in total. The highest BCUT2D eigenvalue weighted by Gasteiger charge is 2.29. The number of carbonyl (C=O) groups excluding carboxylic acids is 2. The first-order valence-corrected chi connectivity index (χ1v) is 8.56. The molecule has 0 radical (unpaired) electrons. The van der Waals surface area contributed by atoms with Crippen LogP contribution in [0.2, 0.25) is 0 Å². The van der Waals surface area contributed by atoms with Gasteiger partial charge in [-0.25, -0.2) is 8.42 Å². The van der Waals surface area contributed by atoms with E-state index in [1.54, 1.807) is 0 Å². The first-order valence-electron chi connectivity index (χ1n) is 7.12. The molecule has 0 saturated carbocycles. The van der Waals surface area contributed by atoms with Gasteiger partial charge in [0.05, 0.1) is 11.4 Å². The molecule has 1 aromatic carbocycles. The van der Waals surface area contributed by atoms with E-state index < -0.39 is 33.8 Å². The quantitative estimate of drug-likeness (QED) is 0.621. The smallest absolute Gasteiger partial charge is 0.325 e. The van der Waals surface area contributed by atoms with Gasteiger partial charge >= 0.3 is 5.97 Å². The van der Waals surface area contributed by atoms with Crippen molar-refractivity contribution in [2.75, 3.05) is 19.6 Å². The minimum atomic E-state index is -3.92. The molecule has 24 heavy (non-hydrogen) atoms. The number of nitrogens with zero attached hydrogens (tertiary/aromatic N) is 1. The van der Waals surface area contributed by atoms with E-state index in [9.17, 15) is 22.8 Å². The van der Waals surface area contributed by atoms with E-state index in [2.05, 4.69) is 10.6 Å². The number of hydrogen-bond donors (Lipinski definition) is 3. The van der Waals surface area contributed by atoms with E-state index in [1.807, 2.05) is 0 Å².